The molecule has 0 atom stereocenters. The van der Waals surface area contributed by atoms with Crippen LogP contribution in [0.15, 0.2) is 15.6 Å². The van der Waals surface area contributed by atoms with E-state index in [-0.39, 0.29) is 24.0 Å². The number of aromatic nitrogens is 1. The number of hydrogen-bond donors (Lipinski definition) is 2. The lowest BCUT2D eigenvalue weighted by Crippen LogP contribution is -2.52. The Morgan fingerprint density at radius 3 is 2.52 bits per heavy atom. The third-order valence-corrected chi connectivity index (χ3v) is 4.45. The van der Waals surface area contributed by atoms with Gasteiger partial charge >= 0.3 is 0 Å². The molecule has 0 spiro atoms. The van der Waals surface area contributed by atoms with Crippen LogP contribution >= 0.6 is 24.0 Å². The van der Waals surface area contributed by atoms with Gasteiger partial charge in [0.05, 0.1) is 11.9 Å². The van der Waals surface area contributed by atoms with E-state index in [1.165, 1.54) is 0 Å². The second-order valence-electron chi connectivity index (χ2n) is 5.83. The Morgan fingerprint density at radius 2 is 2.00 bits per heavy atom. The van der Waals surface area contributed by atoms with Gasteiger partial charge in [-0.2, -0.15) is 0 Å². The van der Waals surface area contributed by atoms with Gasteiger partial charge in [0.1, 0.15) is 5.76 Å². The van der Waals surface area contributed by atoms with Crippen molar-refractivity contribution >= 4 is 40.0 Å². The standard InChI is InChI=1S/C14H26N6O3S.HI/c1-12-10-13(18-23-12)11-19-6-8-20(9-7-19)14(15-2)16-4-5-17-24(3,21)22;/h10,17H,4-9,11H2,1-3H3,(H,15,16);1H. The van der Waals surface area contributed by atoms with Crippen LogP contribution < -0.4 is 10.0 Å². The number of sulfonamides is 1. The number of piperazine rings is 1. The first kappa shape index (κ1) is 22.1. The van der Waals surface area contributed by atoms with Crippen LogP contribution in [0.1, 0.15) is 11.5 Å². The monoisotopic (exact) mass is 486 g/mol. The minimum absolute atomic E-state index is 0. The van der Waals surface area contributed by atoms with Crippen LogP contribution in [-0.4, -0.2) is 81.9 Å². The molecule has 9 nitrogen and oxygen atoms in total. The SMILES string of the molecule is CN=C(NCCNS(C)(=O)=O)N1CCN(Cc2cc(C)on2)CC1.I. The molecule has 25 heavy (non-hydrogen) atoms. The molecule has 0 bridgehead atoms. The third kappa shape index (κ3) is 7.88. The zero-order valence-electron chi connectivity index (χ0n) is 14.9. The molecule has 2 N–H and O–H groups in total. The number of hydrogen-bond acceptors (Lipinski definition) is 6. The highest BCUT2D eigenvalue weighted by Crippen LogP contribution is 2.09. The second-order valence-corrected chi connectivity index (χ2v) is 7.67. The number of aliphatic imine (C=N–C) groups is 1. The van der Waals surface area contributed by atoms with Gasteiger partial charge in [-0.15, -0.1) is 24.0 Å². The largest absolute Gasteiger partial charge is 0.361 e. The van der Waals surface area contributed by atoms with E-state index in [4.69, 9.17) is 4.52 Å². The van der Waals surface area contributed by atoms with Crippen molar-refractivity contribution in [3.05, 3.63) is 17.5 Å². The predicted octanol–water partition coefficient (Wildman–Crippen LogP) is -0.157. The Balaban J connectivity index is 0.00000312. The molecule has 0 radical (unpaired) electrons. The van der Waals surface area contributed by atoms with Gasteiger partial charge in [-0.1, -0.05) is 5.16 Å². The molecule has 1 aliphatic heterocycles. The summed E-state index contributed by atoms with van der Waals surface area (Å²) in [5.74, 6) is 1.62. The van der Waals surface area contributed by atoms with Crippen molar-refractivity contribution in [3.63, 3.8) is 0 Å². The summed E-state index contributed by atoms with van der Waals surface area (Å²) in [6.07, 6.45) is 1.15. The van der Waals surface area contributed by atoms with E-state index in [1.54, 1.807) is 7.05 Å². The molecule has 2 rings (SSSR count). The fraction of sp³-hybridized carbons (Fsp3) is 0.714. The lowest BCUT2D eigenvalue weighted by Gasteiger charge is -2.36. The maximum atomic E-state index is 11.0. The summed E-state index contributed by atoms with van der Waals surface area (Å²) < 4.78 is 29.6. The quantitative estimate of drug-likeness (QED) is 0.250. The molecule has 144 valence electrons. The van der Waals surface area contributed by atoms with E-state index in [0.717, 1.165) is 56.4 Å². The summed E-state index contributed by atoms with van der Waals surface area (Å²) in [5, 5.41) is 7.21. The first-order valence-corrected chi connectivity index (χ1v) is 9.81. The van der Waals surface area contributed by atoms with E-state index in [1.807, 2.05) is 13.0 Å². The average Bonchev–Trinajstić information content (AvgIpc) is 2.92. The normalized spacial score (nSPS) is 16.6. The molecule has 1 saturated heterocycles. The van der Waals surface area contributed by atoms with E-state index < -0.39 is 10.0 Å². The van der Waals surface area contributed by atoms with Gasteiger partial charge in [0.25, 0.3) is 0 Å². The van der Waals surface area contributed by atoms with Gasteiger partial charge in [-0.3, -0.25) is 9.89 Å². The minimum atomic E-state index is -3.15. The van der Waals surface area contributed by atoms with Crippen LogP contribution in [-0.2, 0) is 16.6 Å². The minimum Gasteiger partial charge on any atom is -0.361 e. The molecule has 0 aromatic carbocycles. The fourth-order valence-electron chi connectivity index (χ4n) is 2.58. The Labute approximate surface area is 166 Å². The first-order chi connectivity index (χ1) is 11.4. The third-order valence-electron chi connectivity index (χ3n) is 3.72. The van der Waals surface area contributed by atoms with Crippen LogP contribution in [0.25, 0.3) is 0 Å². The number of guanidine groups is 1. The van der Waals surface area contributed by atoms with Crippen LogP contribution in [0.5, 0.6) is 0 Å². The van der Waals surface area contributed by atoms with Gasteiger partial charge in [0.2, 0.25) is 10.0 Å². The number of rotatable bonds is 6. The van der Waals surface area contributed by atoms with Gasteiger partial charge < -0.3 is 14.7 Å². The van der Waals surface area contributed by atoms with Crippen molar-refractivity contribution in [3.8, 4) is 0 Å². The van der Waals surface area contributed by atoms with Crippen LogP contribution in [0, 0.1) is 6.92 Å². The number of nitrogens with zero attached hydrogens (tertiary/aromatic N) is 4. The summed E-state index contributed by atoms with van der Waals surface area (Å²) in [7, 11) is -1.42. The Kier molecular flexibility index (Phi) is 9.10. The summed E-state index contributed by atoms with van der Waals surface area (Å²) in [6.45, 7) is 7.05. The molecule has 2 heterocycles. The number of nitrogens with one attached hydrogen (secondary N) is 2. The molecular weight excluding hydrogens is 459 g/mol. The Morgan fingerprint density at radius 1 is 1.32 bits per heavy atom. The van der Waals surface area contributed by atoms with Crippen LogP contribution in [0.3, 0.4) is 0 Å². The van der Waals surface area contributed by atoms with Crippen molar-refractivity contribution in [2.24, 2.45) is 4.99 Å². The molecule has 1 aromatic heterocycles. The average molecular weight is 486 g/mol. The maximum absolute atomic E-state index is 11.0. The van der Waals surface area contributed by atoms with Crippen molar-refractivity contribution in [2.45, 2.75) is 13.5 Å². The fourth-order valence-corrected chi connectivity index (χ4v) is 3.06. The van der Waals surface area contributed by atoms with E-state index in [9.17, 15) is 8.42 Å². The smallest absolute Gasteiger partial charge is 0.208 e. The highest BCUT2D eigenvalue weighted by molar-refractivity contribution is 14.0. The lowest BCUT2D eigenvalue weighted by atomic mass is 10.3. The highest BCUT2D eigenvalue weighted by Gasteiger charge is 2.20. The summed E-state index contributed by atoms with van der Waals surface area (Å²) in [5.41, 5.74) is 0.954. The van der Waals surface area contributed by atoms with E-state index in [2.05, 4.69) is 30.0 Å². The lowest BCUT2D eigenvalue weighted by molar-refractivity contribution is 0.169. The highest BCUT2D eigenvalue weighted by atomic mass is 127. The Hall–Kier alpha value is -0.920. The second kappa shape index (κ2) is 10.3. The van der Waals surface area contributed by atoms with Crippen molar-refractivity contribution < 1.29 is 12.9 Å². The zero-order valence-corrected chi connectivity index (χ0v) is 18.0. The first-order valence-electron chi connectivity index (χ1n) is 7.92. The topological polar surface area (TPSA) is 103 Å². The molecular formula is C14H27IN6O3S. The summed E-state index contributed by atoms with van der Waals surface area (Å²) in [4.78, 5) is 8.76. The molecule has 0 amide bonds. The van der Waals surface area contributed by atoms with Gasteiger partial charge in [-0.25, -0.2) is 13.1 Å². The van der Waals surface area contributed by atoms with E-state index >= 15 is 0 Å². The Bertz CT molecular complexity index is 655. The van der Waals surface area contributed by atoms with Crippen LogP contribution in [0.4, 0.5) is 0 Å². The molecule has 1 fully saturated rings. The molecule has 1 aliphatic rings. The number of halogens is 1. The van der Waals surface area contributed by atoms with E-state index in [0.29, 0.717) is 13.1 Å². The van der Waals surface area contributed by atoms with Gasteiger partial charge in [0.15, 0.2) is 5.96 Å². The molecule has 0 saturated carbocycles. The van der Waals surface area contributed by atoms with Crippen molar-refractivity contribution in [1.82, 2.24) is 25.0 Å². The predicted molar refractivity (Wildman–Crippen MR) is 108 cm³/mol. The molecule has 1 aromatic rings. The maximum Gasteiger partial charge on any atom is 0.208 e. The molecule has 0 unspecified atom stereocenters. The van der Waals surface area contributed by atoms with Crippen molar-refractivity contribution in [2.75, 3.05) is 52.6 Å². The van der Waals surface area contributed by atoms with Crippen LogP contribution in [0.2, 0.25) is 0 Å². The molecule has 0 aliphatic carbocycles. The van der Waals surface area contributed by atoms with Gasteiger partial charge in [0, 0.05) is 58.9 Å². The molecule has 11 heteroatoms. The zero-order chi connectivity index (χ0) is 17.6. The van der Waals surface area contributed by atoms with Crippen molar-refractivity contribution in [1.29, 1.82) is 0 Å². The van der Waals surface area contributed by atoms with Gasteiger partial charge in [-0.05, 0) is 6.92 Å². The summed E-state index contributed by atoms with van der Waals surface area (Å²) in [6, 6.07) is 1.96. The summed E-state index contributed by atoms with van der Waals surface area (Å²) >= 11 is 0. The number of aryl methyl sites for hydroxylation is 1.